The summed E-state index contributed by atoms with van der Waals surface area (Å²) < 4.78 is 0. The van der Waals surface area contributed by atoms with Crippen molar-refractivity contribution in [3.8, 4) is 0 Å². The molecule has 2 atom stereocenters. The van der Waals surface area contributed by atoms with Gasteiger partial charge >= 0.3 is 0 Å². The maximum atomic E-state index is 13.7. The fraction of sp³-hybridized carbons (Fsp3) is 0.458. The van der Waals surface area contributed by atoms with Gasteiger partial charge in [0.25, 0.3) is 0 Å². The summed E-state index contributed by atoms with van der Waals surface area (Å²) in [5.41, 5.74) is 10.0. The zero-order valence-electron chi connectivity index (χ0n) is 18.1. The number of nitrogen functional groups attached to an aromatic ring is 1. The standard InChI is InChI=1S/C24H35N3O/c1-7-22(19-11-9-8-10-12-19)24(28)27(18(4)17(2)3)16-20-15-21(25)13-14-23(20)26(5)6/h8-15,17-18,22H,7,16,25H2,1-6H3. The average Bonchev–Trinajstić information content (AvgIpc) is 2.66. The highest BCUT2D eigenvalue weighted by molar-refractivity contribution is 5.84. The van der Waals surface area contributed by atoms with Crippen molar-refractivity contribution >= 4 is 17.3 Å². The van der Waals surface area contributed by atoms with E-state index in [2.05, 4.69) is 44.7 Å². The van der Waals surface area contributed by atoms with Crippen LogP contribution in [0, 0.1) is 5.92 Å². The molecule has 2 rings (SSSR count). The van der Waals surface area contributed by atoms with Crippen LogP contribution in [0.2, 0.25) is 0 Å². The Morgan fingerprint density at radius 1 is 1.04 bits per heavy atom. The smallest absolute Gasteiger partial charge is 0.230 e. The first-order chi connectivity index (χ1) is 13.3. The molecule has 0 aromatic heterocycles. The number of amides is 1. The summed E-state index contributed by atoms with van der Waals surface area (Å²) in [6.45, 7) is 9.11. The molecule has 0 saturated carbocycles. The summed E-state index contributed by atoms with van der Waals surface area (Å²) in [5, 5.41) is 0. The molecule has 0 saturated heterocycles. The highest BCUT2D eigenvalue weighted by Gasteiger charge is 2.30. The number of hydrogen-bond donors (Lipinski definition) is 1. The molecule has 2 N–H and O–H groups in total. The van der Waals surface area contributed by atoms with Gasteiger partial charge in [-0.3, -0.25) is 4.79 Å². The van der Waals surface area contributed by atoms with Gasteiger partial charge in [0.05, 0.1) is 5.92 Å². The molecule has 0 radical (unpaired) electrons. The van der Waals surface area contributed by atoms with Crippen LogP contribution in [0.15, 0.2) is 48.5 Å². The largest absolute Gasteiger partial charge is 0.399 e. The van der Waals surface area contributed by atoms with Crippen molar-refractivity contribution in [3.63, 3.8) is 0 Å². The molecule has 2 aromatic rings. The molecule has 0 spiro atoms. The normalized spacial score (nSPS) is 13.2. The monoisotopic (exact) mass is 381 g/mol. The fourth-order valence-electron chi connectivity index (χ4n) is 3.57. The second-order valence-electron chi connectivity index (χ2n) is 8.10. The lowest BCUT2D eigenvalue weighted by atomic mass is 9.92. The first-order valence-electron chi connectivity index (χ1n) is 10.2. The number of hydrogen-bond acceptors (Lipinski definition) is 3. The van der Waals surface area contributed by atoms with Gasteiger partial charge in [0.15, 0.2) is 0 Å². The lowest BCUT2D eigenvalue weighted by Crippen LogP contribution is -2.43. The van der Waals surface area contributed by atoms with Crippen molar-refractivity contribution in [1.29, 1.82) is 0 Å². The van der Waals surface area contributed by atoms with E-state index in [4.69, 9.17) is 5.73 Å². The zero-order valence-corrected chi connectivity index (χ0v) is 18.1. The topological polar surface area (TPSA) is 49.6 Å². The summed E-state index contributed by atoms with van der Waals surface area (Å²) in [6.07, 6.45) is 0.779. The summed E-state index contributed by atoms with van der Waals surface area (Å²) in [4.78, 5) is 17.8. The van der Waals surface area contributed by atoms with Gasteiger partial charge in [-0.25, -0.2) is 0 Å². The Kier molecular flexibility index (Phi) is 7.50. The predicted octanol–water partition coefficient (Wildman–Crippen LogP) is 4.90. The summed E-state index contributed by atoms with van der Waals surface area (Å²) in [5.74, 6) is 0.411. The number of benzene rings is 2. The average molecular weight is 382 g/mol. The van der Waals surface area contributed by atoms with Gasteiger partial charge in [0, 0.05) is 38.1 Å². The van der Waals surface area contributed by atoms with Crippen LogP contribution >= 0.6 is 0 Å². The van der Waals surface area contributed by atoms with Crippen LogP contribution in [-0.4, -0.2) is 30.9 Å². The number of rotatable bonds is 8. The van der Waals surface area contributed by atoms with Crippen LogP contribution in [-0.2, 0) is 11.3 Å². The SMILES string of the molecule is CCC(C(=O)N(Cc1cc(N)ccc1N(C)C)C(C)C(C)C)c1ccccc1. The van der Waals surface area contributed by atoms with Gasteiger partial charge in [-0.1, -0.05) is 51.1 Å². The van der Waals surface area contributed by atoms with Gasteiger partial charge in [-0.15, -0.1) is 0 Å². The maximum absolute atomic E-state index is 13.7. The second kappa shape index (κ2) is 9.63. The van der Waals surface area contributed by atoms with Gasteiger partial charge in [-0.05, 0) is 48.6 Å². The van der Waals surface area contributed by atoms with Gasteiger partial charge in [0.1, 0.15) is 0 Å². The Balaban J connectivity index is 2.43. The summed E-state index contributed by atoms with van der Waals surface area (Å²) >= 11 is 0. The highest BCUT2D eigenvalue weighted by Crippen LogP contribution is 2.29. The molecule has 2 aromatic carbocycles. The molecule has 152 valence electrons. The van der Waals surface area contributed by atoms with Gasteiger partial charge in [0.2, 0.25) is 5.91 Å². The van der Waals surface area contributed by atoms with Gasteiger partial charge < -0.3 is 15.5 Å². The third kappa shape index (κ3) is 5.06. The van der Waals surface area contributed by atoms with Crippen molar-refractivity contribution in [2.75, 3.05) is 24.7 Å². The van der Waals surface area contributed by atoms with E-state index in [0.29, 0.717) is 12.5 Å². The number of anilines is 2. The number of nitrogens with two attached hydrogens (primary N) is 1. The Morgan fingerprint density at radius 3 is 2.21 bits per heavy atom. The zero-order chi connectivity index (χ0) is 20.8. The molecule has 4 heteroatoms. The second-order valence-corrected chi connectivity index (χ2v) is 8.10. The molecule has 28 heavy (non-hydrogen) atoms. The Hall–Kier alpha value is -2.49. The van der Waals surface area contributed by atoms with E-state index < -0.39 is 0 Å². The molecule has 0 heterocycles. The van der Waals surface area contributed by atoms with Crippen LogP contribution in [0.25, 0.3) is 0 Å². The lowest BCUT2D eigenvalue weighted by molar-refractivity contribution is -0.136. The van der Waals surface area contributed by atoms with Crippen molar-refractivity contribution < 1.29 is 4.79 Å². The van der Waals surface area contributed by atoms with E-state index in [-0.39, 0.29) is 17.9 Å². The molecule has 0 fully saturated rings. The van der Waals surface area contributed by atoms with E-state index >= 15 is 0 Å². The summed E-state index contributed by atoms with van der Waals surface area (Å²) in [6, 6.07) is 16.2. The fourth-order valence-corrected chi connectivity index (χ4v) is 3.57. The molecule has 0 aliphatic carbocycles. The van der Waals surface area contributed by atoms with Crippen molar-refractivity contribution in [1.82, 2.24) is 4.90 Å². The maximum Gasteiger partial charge on any atom is 0.230 e. The van der Waals surface area contributed by atoms with E-state index in [0.717, 1.165) is 28.9 Å². The molecule has 0 bridgehead atoms. The number of carbonyl (C=O) groups is 1. The van der Waals surface area contributed by atoms with E-state index in [9.17, 15) is 4.79 Å². The molecular weight excluding hydrogens is 346 g/mol. The van der Waals surface area contributed by atoms with Crippen LogP contribution in [0.4, 0.5) is 11.4 Å². The van der Waals surface area contributed by atoms with Crippen LogP contribution in [0.3, 0.4) is 0 Å². The molecule has 1 amide bonds. The van der Waals surface area contributed by atoms with E-state index in [1.54, 1.807) is 0 Å². The molecule has 0 aliphatic heterocycles. The molecule has 0 aliphatic rings. The van der Waals surface area contributed by atoms with Crippen molar-refractivity contribution in [3.05, 3.63) is 59.7 Å². The predicted molar refractivity (Wildman–Crippen MR) is 120 cm³/mol. The quantitative estimate of drug-likeness (QED) is 0.662. The minimum atomic E-state index is -0.133. The van der Waals surface area contributed by atoms with E-state index in [1.165, 1.54) is 0 Å². The third-order valence-corrected chi connectivity index (χ3v) is 5.57. The minimum Gasteiger partial charge on any atom is -0.399 e. The third-order valence-electron chi connectivity index (χ3n) is 5.57. The van der Waals surface area contributed by atoms with Crippen LogP contribution in [0.5, 0.6) is 0 Å². The minimum absolute atomic E-state index is 0.127. The lowest BCUT2D eigenvalue weighted by Gasteiger charge is -2.35. The first kappa shape index (κ1) is 21.8. The van der Waals surface area contributed by atoms with Crippen LogP contribution < -0.4 is 10.6 Å². The molecule has 4 nitrogen and oxygen atoms in total. The Labute approximate surface area is 170 Å². The number of carbonyl (C=O) groups excluding carboxylic acids is 1. The van der Waals surface area contributed by atoms with Crippen LogP contribution in [0.1, 0.15) is 51.2 Å². The number of nitrogens with zero attached hydrogens (tertiary/aromatic N) is 2. The summed E-state index contributed by atoms with van der Waals surface area (Å²) in [7, 11) is 4.04. The van der Waals surface area contributed by atoms with Crippen molar-refractivity contribution in [2.24, 2.45) is 5.92 Å². The highest BCUT2D eigenvalue weighted by atomic mass is 16.2. The van der Waals surface area contributed by atoms with E-state index in [1.807, 2.05) is 55.4 Å². The van der Waals surface area contributed by atoms with Crippen molar-refractivity contribution in [2.45, 2.75) is 52.6 Å². The molecule has 2 unspecified atom stereocenters. The Bertz CT molecular complexity index is 771. The first-order valence-corrected chi connectivity index (χ1v) is 10.2. The molecular formula is C24H35N3O. The van der Waals surface area contributed by atoms with Gasteiger partial charge in [-0.2, -0.15) is 0 Å². The Morgan fingerprint density at radius 2 is 1.68 bits per heavy atom.